The molecule has 4 rings (SSSR count). The number of carboxylic acid groups (broad SMARTS) is 1. The van der Waals surface area contributed by atoms with Crippen molar-refractivity contribution in [1.82, 2.24) is 20.1 Å². The van der Waals surface area contributed by atoms with Crippen molar-refractivity contribution in [3.05, 3.63) is 15.8 Å². The van der Waals surface area contributed by atoms with Crippen LogP contribution in [0, 0.1) is 5.92 Å². The Morgan fingerprint density at radius 1 is 1.17 bits per heavy atom. The maximum absolute atomic E-state index is 13.0. The van der Waals surface area contributed by atoms with Crippen LogP contribution in [0.15, 0.2) is 10.1 Å². The standard InChI is InChI=1S/C20H23BrF3N7O4S/c21-18-28-13(15(36-18)29-19(34)35)14(32)27-12-8-25-31(9-10-3-4-10)16(12)30-6-1-2-11(5-7-30)26-17(33)20(22,23)24/h8,10-11,29H,1-7,9H2,(H,26,33)(H,27,32)(H,34,35). The minimum Gasteiger partial charge on any atom is -0.465 e. The highest BCUT2D eigenvalue weighted by molar-refractivity contribution is 9.11. The van der Waals surface area contributed by atoms with E-state index in [1.165, 1.54) is 6.20 Å². The number of hydrogen-bond donors (Lipinski definition) is 4. The number of halogens is 4. The van der Waals surface area contributed by atoms with E-state index in [1.807, 2.05) is 4.90 Å². The maximum Gasteiger partial charge on any atom is 0.471 e. The monoisotopic (exact) mass is 593 g/mol. The van der Waals surface area contributed by atoms with E-state index in [1.54, 1.807) is 4.68 Å². The first kappa shape index (κ1) is 26.2. The summed E-state index contributed by atoms with van der Waals surface area (Å²) in [5.41, 5.74) is 0.268. The van der Waals surface area contributed by atoms with Crippen molar-refractivity contribution >= 4 is 61.7 Å². The van der Waals surface area contributed by atoms with Gasteiger partial charge in [-0.3, -0.25) is 14.9 Å². The molecule has 1 saturated carbocycles. The first-order valence-electron chi connectivity index (χ1n) is 11.2. The van der Waals surface area contributed by atoms with Gasteiger partial charge >= 0.3 is 18.2 Å². The molecule has 1 unspecified atom stereocenters. The Kier molecular flexibility index (Phi) is 7.73. The van der Waals surface area contributed by atoms with E-state index in [9.17, 15) is 27.6 Å². The minimum absolute atomic E-state index is 0.0526. The van der Waals surface area contributed by atoms with Gasteiger partial charge < -0.3 is 20.6 Å². The molecule has 0 aromatic carbocycles. The van der Waals surface area contributed by atoms with Gasteiger partial charge in [-0.05, 0) is 54.0 Å². The predicted octanol–water partition coefficient (Wildman–Crippen LogP) is 3.89. The summed E-state index contributed by atoms with van der Waals surface area (Å²) in [5, 5.41) is 20.5. The molecule has 11 nitrogen and oxygen atoms in total. The Morgan fingerprint density at radius 3 is 2.58 bits per heavy atom. The molecule has 0 spiro atoms. The highest BCUT2D eigenvalue weighted by Crippen LogP contribution is 2.36. The van der Waals surface area contributed by atoms with Gasteiger partial charge in [-0.15, -0.1) is 0 Å². The van der Waals surface area contributed by atoms with Crippen LogP contribution in [0.25, 0.3) is 0 Å². The lowest BCUT2D eigenvalue weighted by atomic mass is 10.1. The Balaban J connectivity index is 1.53. The number of carbonyl (C=O) groups excluding carboxylic acids is 2. The fourth-order valence-electron chi connectivity index (χ4n) is 4.01. The number of nitrogens with one attached hydrogen (secondary N) is 3. The van der Waals surface area contributed by atoms with E-state index < -0.39 is 30.1 Å². The number of nitrogens with zero attached hydrogens (tertiary/aromatic N) is 4. The second-order valence-corrected chi connectivity index (χ2v) is 10.9. The van der Waals surface area contributed by atoms with Crippen molar-refractivity contribution in [3.8, 4) is 0 Å². The van der Waals surface area contributed by atoms with Crippen molar-refractivity contribution in [2.75, 3.05) is 28.6 Å². The number of rotatable bonds is 7. The quantitative estimate of drug-likeness (QED) is 0.381. The molecule has 3 heterocycles. The zero-order valence-corrected chi connectivity index (χ0v) is 21.2. The van der Waals surface area contributed by atoms with Crippen LogP contribution in [0.3, 0.4) is 0 Å². The van der Waals surface area contributed by atoms with Gasteiger partial charge in [0.15, 0.2) is 15.4 Å². The average Bonchev–Trinajstić information content (AvgIpc) is 3.47. The minimum atomic E-state index is -4.94. The summed E-state index contributed by atoms with van der Waals surface area (Å²) in [7, 11) is 0. The summed E-state index contributed by atoms with van der Waals surface area (Å²) in [6, 6.07) is -0.626. The Labute approximate surface area is 215 Å². The second kappa shape index (κ2) is 10.6. The van der Waals surface area contributed by atoms with Crippen molar-refractivity contribution < 1.29 is 32.7 Å². The SMILES string of the molecule is O=C(O)Nc1sc(Br)nc1C(=O)Nc1cnn(CC2CC2)c1N1CCCC(NC(=O)C(F)(F)F)CC1. The molecule has 0 radical (unpaired) electrons. The molecule has 1 atom stereocenters. The van der Waals surface area contributed by atoms with Crippen molar-refractivity contribution in [2.24, 2.45) is 5.92 Å². The molecular formula is C20H23BrF3N7O4S. The largest absolute Gasteiger partial charge is 0.471 e. The molecular weight excluding hydrogens is 571 g/mol. The summed E-state index contributed by atoms with van der Waals surface area (Å²) >= 11 is 4.11. The highest BCUT2D eigenvalue weighted by Gasteiger charge is 2.40. The van der Waals surface area contributed by atoms with Crippen LogP contribution in [0.1, 0.15) is 42.6 Å². The Bertz CT molecular complexity index is 1150. The van der Waals surface area contributed by atoms with Crippen LogP contribution in [0.5, 0.6) is 0 Å². The summed E-state index contributed by atoms with van der Waals surface area (Å²) in [5.74, 6) is -1.52. The van der Waals surface area contributed by atoms with Gasteiger partial charge in [0.05, 0.1) is 6.20 Å². The third-order valence-corrected chi connectivity index (χ3v) is 7.27. The van der Waals surface area contributed by atoms with Crippen LogP contribution in [0.4, 0.5) is 34.5 Å². The number of anilines is 3. The van der Waals surface area contributed by atoms with E-state index in [4.69, 9.17) is 5.11 Å². The first-order valence-corrected chi connectivity index (χ1v) is 12.8. The Hall–Kier alpha value is -2.88. The number of aromatic nitrogens is 3. The zero-order valence-electron chi connectivity index (χ0n) is 18.8. The van der Waals surface area contributed by atoms with E-state index in [2.05, 4.69) is 42.0 Å². The van der Waals surface area contributed by atoms with Gasteiger partial charge in [0, 0.05) is 25.7 Å². The fourth-order valence-corrected chi connectivity index (χ4v) is 5.35. The molecule has 0 bridgehead atoms. The van der Waals surface area contributed by atoms with Gasteiger partial charge in [-0.1, -0.05) is 11.3 Å². The van der Waals surface area contributed by atoms with Crippen molar-refractivity contribution in [3.63, 3.8) is 0 Å². The van der Waals surface area contributed by atoms with Crippen molar-refractivity contribution in [1.29, 1.82) is 0 Å². The summed E-state index contributed by atoms with van der Waals surface area (Å²) in [6.07, 6.45) is -1.47. The number of carbonyl (C=O) groups is 3. The van der Waals surface area contributed by atoms with Crippen LogP contribution in [0.2, 0.25) is 0 Å². The van der Waals surface area contributed by atoms with Gasteiger partial charge in [0.2, 0.25) is 0 Å². The molecule has 16 heteroatoms. The molecule has 3 amide bonds. The normalized spacial score (nSPS) is 18.4. The molecule has 1 aliphatic heterocycles. The summed E-state index contributed by atoms with van der Waals surface area (Å²) in [6.45, 7) is 1.46. The number of alkyl halides is 3. The van der Waals surface area contributed by atoms with Crippen molar-refractivity contribution in [2.45, 2.75) is 50.9 Å². The lowest BCUT2D eigenvalue weighted by molar-refractivity contribution is -0.174. The molecule has 2 aromatic heterocycles. The third-order valence-electron chi connectivity index (χ3n) is 5.84. The van der Waals surface area contributed by atoms with Gasteiger partial charge in [-0.2, -0.15) is 18.3 Å². The van der Waals surface area contributed by atoms with Crippen LogP contribution in [-0.4, -0.2) is 63.1 Å². The molecule has 4 N–H and O–H groups in total. The van der Waals surface area contributed by atoms with E-state index in [0.29, 0.717) is 53.8 Å². The van der Waals surface area contributed by atoms with Crippen LogP contribution < -0.4 is 20.9 Å². The van der Waals surface area contributed by atoms with E-state index >= 15 is 0 Å². The lowest BCUT2D eigenvalue weighted by Gasteiger charge is -2.25. The molecule has 2 aliphatic rings. The third kappa shape index (κ3) is 6.46. The zero-order chi connectivity index (χ0) is 26.0. The van der Waals surface area contributed by atoms with Crippen LogP contribution >= 0.6 is 27.3 Å². The fraction of sp³-hybridized carbons (Fsp3) is 0.550. The highest BCUT2D eigenvalue weighted by atomic mass is 79.9. The number of amides is 3. The number of thiazole rings is 1. The topological polar surface area (TPSA) is 141 Å². The molecule has 1 aliphatic carbocycles. The smallest absolute Gasteiger partial charge is 0.465 e. The number of hydrogen-bond acceptors (Lipinski definition) is 7. The van der Waals surface area contributed by atoms with Gasteiger partial charge in [-0.25, -0.2) is 14.5 Å². The van der Waals surface area contributed by atoms with E-state index in [0.717, 1.165) is 24.2 Å². The van der Waals surface area contributed by atoms with Gasteiger partial charge in [0.1, 0.15) is 10.7 Å². The molecule has 2 fully saturated rings. The Morgan fingerprint density at radius 2 is 1.92 bits per heavy atom. The molecule has 36 heavy (non-hydrogen) atoms. The molecule has 1 saturated heterocycles. The van der Waals surface area contributed by atoms with Gasteiger partial charge in [0.25, 0.3) is 5.91 Å². The summed E-state index contributed by atoms with van der Waals surface area (Å²) in [4.78, 5) is 41.5. The molecule has 2 aromatic rings. The summed E-state index contributed by atoms with van der Waals surface area (Å²) < 4.78 is 40.1. The first-order chi connectivity index (χ1) is 17.0. The second-order valence-electron chi connectivity index (χ2n) is 8.62. The van der Waals surface area contributed by atoms with Crippen LogP contribution in [-0.2, 0) is 11.3 Å². The average molecular weight is 594 g/mol. The van der Waals surface area contributed by atoms with E-state index in [-0.39, 0.29) is 17.1 Å². The predicted molar refractivity (Wildman–Crippen MR) is 128 cm³/mol. The maximum atomic E-state index is 13.0. The molecule has 196 valence electrons. The lowest BCUT2D eigenvalue weighted by Crippen LogP contribution is -2.43.